The van der Waals surface area contributed by atoms with Gasteiger partial charge in [0, 0.05) is 6.20 Å². The van der Waals surface area contributed by atoms with Gasteiger partial charge in [-0.2, -0.15) is 0 Å². The Labute approximate surface area is 194 Å². The molecule has 2 heterocycles. The zero-order valence-corrected chi connectivity index (χ0v) is 18.9. The van der Waals surface area contributed by atoms with Crippen LogP contribution < -0.4 is 19.7 Å². The van der Waals surface area contributed by atoms with Gasteiger partial charge >= 0.3 is 6.03 Å². The molecule has 1 saturated carbocycles. The van der Waals surface area contributed by atoms with Crippen LogP contribution in [0.4, 0.5) is 10.6 Å². The lowest BCUT2D eigenvalue weighted by molar-refractivity contribution is 0.200. The highest BCUT2D eigenvalue weighted by Crippen LogP contribution is 2.35. The maximum Gasteiger partial charge on any atom is 0.323 e. The second kappa shape index (κ2) is 9.53. The first kappa shape index (κ1) is 21.3. The van der Waals surface area contributed by atoms with Crippen LogP contribution in [0.1, 0.15) is 48.4 Å². The fourth-order valence-corrected chi connectivity index (χ4v) is 4.66. The second-order valence-electron chi connectivity index (χ2n) is 8.73. The van der Waals surface area contributed by atoms with E-state index in [2.05, 4.69) is 22.4 Å². The molecule has 1 aliphatic carbocycles. The van der Waals surface area contributed by atoms with Gasteiger partial charge in [0.2, 0.25) is 0 Å². The molecule has 2 aromatic carbocycles. The highest BCUT2D eigenvalue weighted by Gasteiger charge is 2.32. The molecular weight excluding hydrogens is 414 g/mol. The molecule has 170 valence electrons. The number of methoxy groups -OCH3 is 1. The summed E-state index contributed by atoms with van der Waals surface area (Å²) >= 11 is 0. The third-order valence-electron chi connectivity index (χ3n) is 6.43. The molecule has 0 spiro atoms. The number of ether oxygens (including phenoxy) is 2. The Kier molecular flexibility index (Phi) is 6.15. The molecule has 1 aromatic heterocycles. The number of urea groups is 1. The van der Waals surface area contributed by atoms with Gasteiger partial charge in [0.25, 0.3) is 0 Å². The van der Waals surface area contributed by atoms with Gasteiger partial charge in [0.15, 0.2) is 11.5 Å². The van der Waals surface area contributed by atoms with Crippen LogP contribution in [0.25, 0.3) is 0 Å². The van der Waals surface area contributed by atoms with Gasteiger partial charge in [-0.25, -0.2) is 9.78 Å². The zero-order chi connectivity index (χ0) is 22.6. The zero-order valence-electron chi connectivity index (χ0n) is 18.9. The van der Waals surface area contributed by atoms with E-state index in [9.17, 15) is 4.79 Å². The first-order chi connectivity index (χ1) is 16.2. The van der Waals surface area contributed by atoms with E-state index in [1.807, 2.05) is 48.5 Å². The van der Waals surface area contributed by atoms with Crippen molar-refractivity contribution in [1.82, 2.24) is 10.3 Å². The summed E-state index contributed by atoms with van der Waals surface area (Å²) in [6, 6.07) is 19.9. The van der Waals surface area contributed by atoms with E-state index in [-0.39, 0.29) is 18.2 Å². The van der Waals surface area contributed by atoms with Crippen LogP contribution in [-0.2, 0) is 6.42 Å². The average Bonchev–Trinajstić information content (AvgIpc) is 3.49. The SMILES string of the molecule is COc1ccc([C@@H]2CN(c3cc(Cc4ccccc4)ccn3)C(=O)N2)cc1OC1CCCC1. The lowest BCUT2D eigenvalue weighted by atomic mass is 10.1. The largest absolute Gasteiger partial charge is 0.493 e. The van der Waals surface area contributed by atoms with Crippen molar-refractivity contribution in [3.05, 3.63) is 83.6 Å². The van der Waals surface area contributed by atoms with Gasteiger partial charge < -0.3 is 14.8 Å². The van der Waals surface area contributed by atoms with Crippen LogP contribution >= 0.6 is 0 Å². The third-order valence-corrected chi connectivity index (χ3v) is 6.43. The number of aromatic nitrogens is 1. The molecule has 1 atom stereocenters. The third kappa shape index (κ3) is 4.80. The van der Waals surface area contributed by atoms with Gasteiger partial charge in [0.05, 0.1) is 25.8 Å². The average molecular weight is 444 g/mol. The van der Waals surface area contributed by atoms with Crippen molar-refractivity contribution in [1.29, 1.82) is 0 Å². The maximum absolute atomic E-state index is 12.8. The molecule has 6 nitrogen and oxygen atoms in total. The van der Waals surface area contributed by atoms with Crippen molar-refractivity contribution in [3.8, 4) is 11.5 Å². The number of nitrogens with one attached hydrogen (secondary N) is 1. The van der Waals surface area contributed by atoms with E-state index in [4.69, 9.17) is 9.47 Å². The van der Waals surface area contributed by atoms with Crippen LogP contribution in [0.2, 0.25) is 0 Å². The maximum atomic E-state index is 12.8. The van der Waals surface area contributed by atoms with E-state index in [0.29, 0.717) is 12.4 Å². The van der Waals surface area contributed by atoms with Crippen molar-refractivity contribution < 1.29 is 14.3 Å². The Bertz CT molecular complexity index is 1110. The number of hydrogen-bond donors (Lipinski definition) is 1. The standard InChI is InChI=1S/C27H29N3O3/c1-32-24-12-11-21(17-25(24)33-22-9-5-6-10-22)23-18-30(27(31)29-23)26-16-20(13-14-28-26)15-19-7-3-2-4-8-19/h2-4,7-8,11-14,16-17,22-23H,5-6,9-10,15,18H2,1H3,(H,29,31)/t23-/m0/s1. The van der Waals surface area contributed by atoms with E-state index < -0.39 is 0 Å². The van der Waals surface area contributed by atoms with E-state index in [1.165, 1.54) is 18.4 Å². The quantitative estimate of drug-likeness (QED) is 0.540. The van der Waals surface area contributed by atoms with Crippen LogP contribution in [0, 0.1) is 0 Å². The summed E-state index contributed by atoms with van der Waals surface area (Å²) in [5, 5.41) is 3.10. The molecular formula is C27H29N3O3. The predicted molar refractivity (Wildman–Crippen MR) is 128 cm³/mol. The number of anilines is 1. The molecule has 2 aliphatic rings. The molecule has 5 rings (SSSR count). The molecule has 1 saturated heterocycles. The molecule has 1 aliphatic heterocycles. The monoisotopic (exact) mass is 443 g/mol. The van der Waals surface area contributed by atoms with Crippen molar-refractivity contribution in [2.24, 2.45) is 0 Å². The first-order valence-corrected chi connectivity index (χ1v) is 11.6. The van der Waals surface area contributed by atoms with Crippen molar-refractivity contribution >= 4 is 11.8 Å². The van der Waals surface area contributed by atoms with Crippen molar-refractivity contribution in [2.45, 2.75) is 44.2 Å². The number of benzene rings is 2. The van der Waals surface area contributed by atoms with Crippen LogP contribution in [0.15, 0.2) is 66.9 Å². The smallest absolute Gasteiger partial charge is 0.323 e. The molecule has 3 aromatic rings. The molecule has 0 radical (unpaired) electrons. The fraction of sp³-hybridized carbons (Fsp3) is 0.333. The Balaban J connectivity index is 1.33. The van der Waals surface area contributed by atoms with E-state index >= 15 is 0 Å². The Morgan fingerprint density at radius 2 is 1.82 bits per heavy atom. The summed E-state index contributed by atoms with van der Waals surface area (Å²) < 4.78 is 11.8. The predicted octanol–water partition coefficient (Wildman–Crippen LogP) is 5.27. The lowest BCUT2D eigenvalue weighted by Crippen LogP contribution is -2.28. The van der Waals surface area contributed by atoms with E-state index in [0.717, 1.165) is 41.9 Å². The fourth-order valence-electron chi connectivity index (χ4n) is 4.66. The molecule has 0 bridgehead atoms. The normalized spacial score (nSPS) is 18.4. The van der Waals surface area contributed by atoms with Crippen molar-refractivity contribution in [2.75, 3.05) is 18.6 Å². The number of carbonyl (C=O) groups excluding carboxylic acids is 1. The number of amides is 2. The Hall–Kier alpha value is -3.54. The number of rotatable bonds is 7. The minimum absolute atomic E-state index is 0.140. The van der Waals surface area contributed by atoms with Crippen LogP contribution in [-0.4, -0.2) is 30.8 Å². The summed E-state index contributed by atoms with van der Waals surface area (Å²) in [5.74, 6) is 2.14. The summed E-state index contributed by atoms with van der Waals surface area (Å²) in [7, 11) is 1.66. The summed E-state index contributed by atoms with van der Waals surface area (Å²) in [6.07, 6.45) is 7.37. The lowest BCUT2D eigenvalue weighted by Gasteiger charge is -2.19. The number of nitrogens with zero attached hydrogens (tertiary/aromatic N) is 2. The second-order valence-corrected chi connectivity index (χ2v) is 8.73. The Morgan fingerprint density at radius 3 is 2.61 bits per heavy atom. The molecule has 6 heteroatoms. The minimum Gasteiger partial charge on any atom is -0.493 e. The highest BCUT2D eigenvalue weighted by atomic mass is 16.5. The topological polar surface area (TPSA) is 63.7 Å². The molecule has 1 N–H and O–H groups in total. The van der Waals surface area contributed by atoms with Gasteiger partial charge in [-0.1, -0.05) is 36.4 Å². The summed E-state index contributed by atoms with van der Waals surface area (Å²) in [6.45, 7) is 0.510. The number of hydrogen-bond acceptors (Lipinski definition) is 4. The van der Waals surface area contributed by atoms with Crippen molar-refractivity contribution in [3.63, 3.8) is 0 Å². The highest BCUT2D eigenvalue weighted by molar-refractivity contribution is 5.93. The summed E-state index contributed by atoms with van der Waals surface area (Å²) in [5.41, 5.74) is 3.35. The van der Waals surface area contributed by atoms with Crippen LogP contribution in [0.5, 0.6) is 11.5 Å². The minimum atomic E-state index is -0.145. The first-order valence-electron chi connectivity index (χ1n) is 11.6. The van der Waals surface area contributed by atoms with E-state index in [1.54, 1.807) is 18.2 Å². The van der Waals surface area contributed by atoms with Gasteiger partial charge in [0.1, 0.15) is 5.82 Å². The van der Waals surface area contributed by atoms with Gasteiger partial charge in [-0.15, -0.1) is 0 Å². The number of carbonyl (C=O) groups is 1. The molecule has 0 unspecified atom stereocenters. The van der Waals surface area contributed by atoms with Gasteiger partial charge in [-0.3, -0.25) is 4.90 Å². The molecule has 2 amide bonds. The Morgan fingerprint density at radius 1 is 1.00 bits per heavy atom. The summed E-state index contributed by atoms with van der Waals surface area (Å²) in [4.78, 5) is 19.0. The molecule has 2 fully saturated rings. The molecule has 33 heavy (non-hydrogen) atoms. The van der Waals surface area contributed by atoms with Crippen LogP contribution in [0.3, 0.4) is 0 Å². The number of pyridine rings is 1. The van der Waals surface area contributed by atoms with Gasteiger partial charge in [-0.05, 0) is 73.1 Å².